The van der Waals surface area contributed by atoms with Gasteiger partial charge in [-0.05, 0) is 50.8 Å². The van der Waals surface area contributed by atoms with E-state index in [4.69, 9.17) is 0 Å². The SMILES string of the molecule is CC1CCCCN1S(=O)(=O)c1ccc2[nH]c(=O)cc(C(=O)NC3CCCCCCC3)c2c1. The number of H-pyrrole nitrogens is 1. The molecule has 2 aliphatic rings. The van der Waals surface area contributed by atoms with Crippen molar-refractivity contribution >= 4 is 26.8 Å². The molecule has 8 heteroatoms. The highest BCUT2D eigenvalue weighted by atomic mass is 32.2. The van der Waals surface area contributed by atoms with Crippen LogP contribution in [-0.4, -0.2) is 42.2 Å². The molecule has 1 aromatic carbocycles. The van der Waals surface area contributed by atoms with E-state index < -0.39 is 10.0 Å². The Kier molecular flexibility index (Phi) is 7.00. The average Bonchev–Trinajstić information content (AvgIpc) is 2.74. The number of nitrogens with one attached hydrogen (secondary N) is 2. The Morgan fingerprint density at radius 3 is 2.41 bits per heavy atom. The van der Waals surface area contributed by atoms with Gasteiger partial charge in [-0.2, -0.15) is 4.31 Å². The third-order valence-electron chi connectivity index (χ3n) is 6.85. The zero-order valence-corrected chi connectivity index (χ0v) is 19.5. The number of pyridine rings is 1. The van der Waals surface area contributed by atoms with Gasteiger partial charge in [0.15, 0.2) is 0 Å². The maximum absolute atomic E-state index is 13.3. The maximum Gasteiger partial charge on any atom is 0.252 e. The van der Waals surface area contributed by atoms with Crippen LogP contribution in [0.2, 0.25) is 0 Å². The van der Waals surface area contributed by atoms with E-state index in [1.165, 1.54) is 37.5 Å². The first-order valence-electron chi connectivity index (χ1n) is 11.9. The summed E-state index contributed by atoms with van der Waals surface area (Å²) in [6.45, 7) is 2.44. The molecular weight excluding hydrogens is 426 g/mol. The van der Waals surface area contributed by atoms with E-state index >= 15 is 0 Å². The lowest BCUT2D eigenvalue weighted by Gasteiger charge is -2.32. The van der Waals surface area contributed by atoms with Crippen LogP contribution in [0.15, 0.2) is 34.0 Å². The highest BCUT2D eigenvalue weighted by Crippen LogP contribution is 2.28. The molecular formula is C24H33N3O4S. The number of sulfonamides is 1. The van der Waals surface area contributed by atoms with E-state index in [1.807, 2.05) is 6.92 Å². The van der Waals surface area contributed by atoms with Gasteiger partial charge < -0.3 is 10.3 Å². The molecule has 1 aromatic heterocycles. The van der Waals surface area contributed by atoms with Crippen LogP contribution >= 0.6 is 0 Å². The molecule has 174 valence electrons. The minimum Gasteiger partial charge on any atom is -0.349 e. The van der Waals surface area contributed by atoms with Crippen LogP contribution in [0.3, 0.4) is 0 Å². The van der Waals surface area contributed by atoms with Crippen molar-refractivity contribution in [3.05, 3.63) is 40.2 Å². The predicted octanol–water partition coefficient (Wildman–Crippen LogP) is 3.93. The Bertz CT molecular complexity index is 1130. The van der Waals surface area contributed by atoms with Crippen LogP contribution < -0.4 is 10.9 Å². The second kappa shape index (κ2) is 9.75. The van der Waals surface area contributed by atoms with Crippen molar-refractivity contribution in [1.82, 2.24) is 14.6 Å². The molecule has 0 radical (unpaired) electrons. The van der Waals surface area contributed by atoms with Crippen molar-refractivity contribution < 1.29 is 13.2 Å². The van der Waals surface area contributed by atoms with Crippen molar-refractivity contribution in [3.8, 4) is 0 Å². The van der Waals surface area contributed by atoms with Crippen LogP contribution in [0.5, 0.6) is 0 Å². The summed E-state index contributed by atoms with van der Waals surface area (Å²) < 4.78 is 28.2. The molecule has 2 N–H and O–H groups in total. The monoisotopic (exact) mass is 459 g/mol. The Morgan fingerprint density at radius 2 is 1.69 bits per heavy atom. The lowest BCUT2D eigenvalue weighted by molar-refractivity contribution is 0.0932. The van der Waals surface area contributed by atoms with E-state index in [9.17, 15) is 18.0 Å². The van der Waals surface area contributed by atoms with Gasteiger partial charge in [0.2, 0.25) is 15.6 Å². The highest BCUT2D eigenvalue weighted by molar-refractivity contribution is 7.89. The number of benzene rings is 1. The summed E-state index contributed by atoms with van der Waals surface area (Å²) in [6, 6.07) is 5.95. The van der Waals surface area contributed by atoms with E-state index in [2.05, 4.69) is 10.3 Å². The molecule has 1 saturated heterocycles. The van der Waals surface area contributed by atoms with Gasteiger partial charge in [-0.1, -0.05) is 38.5 Å². The quantitative estimate of drug-likeness (QED) is 0.723. The molecule has 1 saturated carbocycles. The smallest absolute Gasteiger partial charge is 0.252 e. The molecule has 7 nitrogen and oxygen atoms in total. The number of piperidine rings is 1. The Labute approximate surface area is 189 Å². The van der Waals surface area contributed by atoms with Crippen molar-refractivity contribution in [2.75, 3.05) is 6.54 Å². The molecule has 2 fully saturated rings. The molecule has 1 amide bonds. The van der Waals surface area contributed by atoms with Gasteiger partial charge in [-0.25, -0.2) is 8.42 Å². The number of hydrogen-bond donors (Lipinski definition) is 2. The molecule has 0 bridgehead atoms. The first-order chi connectivity index (χ1) is 15.4. The van der Waals surface area contributed by atoms with E-state index in [0.29, 0.717) is 17.4 Å². The van der Waals surface area contributed by atoms with Crippen LogP contribution in [0, 0.1) is 0 Å². The number of rotatable bonds is 4. The van der Waals surface area contributed by atoms with E-state index in [1.54, 1.807) is 10.4 Å². The number of amides is 1. The van der Waals surface area contributed by atoms with Gasteiger partial charge in [0, 0.05) is 35.6 Å². The number of aromatic nitrogens is 1. The number of nitrogens with zero attached hydrogens (tertiary/aromatic N) is 1. The fraction of sp³-hybridized carbons (Fsp3) is 0.583. The average molecular weight is 460 g/mol. The summed E-state index contributed by atoms with van der Waals surface area (Å²) in [5.74, 6) is -0.312. The number of carbonyl (C=O) groups is 1. The van der Waals surface area contributed by atoms with Gasteiger partial charge in [-0.15, -0.1) is 0 Å². The Hall–Kier alpha value is -2.19. The summed E-state index contributed by atoms with van der Waals surface area (Å²) in [4.78, 5) is 28.3. The molecule has 1 unspecified atom stereocenters. The molecule has 2 heterocycles. The van der Waals surface area contributed by atoms with Gasteiger partial charge in [0.1, 0.15) is 0 Å². The van der Waals surface area contributed by atoms with Gasteiger partial charge in [0.05, 0.1) is 10.5 Å². The number of fused-ring (bicyclic) bond motifs is 1. The van der Waals surface area contributed by atoms with Crippen LogP contribution in [-0.2, 0) is 10.0 Å². The van der Waals surface area contributed by atoms with Crippen molar-refractivity contribution in [2.45, 2.75) is 88.1 Å². The minimum atomic E-state index is -3.68. The van der Waals surface area contributed by atoms with Gasteiger partial charge in [0.25, 0.3) is 5.91 Å². The predicted molar refractivity (Wildman–Crippen MR) is 125 cm³/mol. The lowest BCUT2D eigenvalue weighted by Crippen LogP contribution is -2.41. The maximum atomic E-state index is 13.3. The van der Waals surface area contributed by atoms with Crippen LogP contribution in [0.25, 0.3) is 10.9 Å². The summed E-state index contributed by atoms with van der Waals surface area (Å²) in [7, 11) is -3.68. The lowest BCUT2D eigenvalue weighted by atomic mass is 9.96. The number of hydrogen-bond acceptors (Lipinski definition) is 4. The highest BCUT2D eigenvalue weighted by Gasteiger charge is 2.31. The summed E-state index contributed by atoms with van der Waals surface area (Å²) in [5.41, 5.74) is 0.320. The van der Waals surface area contributed by atoms with Crippen molar-refractivity contribution in [1.29, 1.82) is 0 Å². The molecule has 4 rings (SSSR count). The standard InChI is InChI=1S/C24H33N3O4S/c1-17-9-7-8-14-27(17)32(30,31)19-12-13-22-20(15-19)21(16-23(28)26-22)24(29)25-18-10-5-3-2-4-6-11-18/h12-13,15-18H,2-11,14H2,1H3,(H,25,29)(H,26,28). The summed E-state index contributed by atoms with van der Waals surface area (Å²) in [6.07, 6.45) is 10.3. The third-order valence-corrected chi connectivity index (χ3v) is 8.86. The summed E-state index contributed by atoms with van der Waals surface area (Å²) in [5, 5.41) is 3.56. The zero-order chi connectivity index (χ0) is 22.7. The van der Waals surface area contributed by atoms with Gasteiger partial charge >= 0.3 is 0 Å². The largest absolute Gasteiger partial charge is 0.349 e. The molecule has 1 aliphatic heterocycles. The topological polar surface area (TPSA) is 99.3 Å². The second-order valence-electron chi connectivity index (χ2n) is 9.23. The van der Waals surface area contributed by atoms with E-state index in [0.717, 1.165) is 44.9 Å². The van der Waals surface area contributed by atoms with Crippen molar-refractivity contribution in [3.63, 3.8) is 0 Å². The zero-order valence-electron chi connectivity index (χ0n) is 18.7. The first kappa shape index (κ1) is 23.0. The third kappa shape index (κ3) is 4.91. The fourth-order valence-corrected chi connectivity index (χ4v) is 6.74. The van der Waals surface area contributed by atoms with Gasteiger partial charge in [-0.3, -0.25) is 9.59 Å². The molecule has 0 spiro atoms. The number of aromatic amines is 1. The second-order valence-corrected chi connectivity index (χ2v) is 11.1. The molecule has 1 atom stereocenters. The minimum absolute atomic E-state index is 0.0536. The molecule has 32 heavy (non-hydrogen) atoms. The Balaban J connectivity index is 1.68. The van der Waals surface area contributed by atoms with E-state index in [-0.39, 0.29) is 34.0 Å². The molecule has 1 aliphatic carbocycles. The fourth-order valence-electron chi connectivity index (χ4n) is 5.01. The number of carbonyl (C=O) groups excluding carboxylic acids is 1. The normalized spacial score (nSPS) is 21.7. The van der Waals surface area contributed by atoms with Crippen molar-refractivity contribution in [2.24, 2.45) is 0 Å². The Morgan fingerprint density at radius 1 is 1.00 bits per heavy atom. The van der Waals surface area contributed by atoms with Crippen LogP contribution in [0.4, 0.5) is 0 Å². The van der Waals surface area contributed by atoms with Crippen LogP contribution in [0.1, 0.15) is 81.5 Å². The summed E-state index contributed by atoms with van der Waals surface area (Å²) >= 11 is 0. The molecule has 2 aromatic rings. The first-order valence-corrected chi connectivity index (χ1v) is 13.3.